The molecule has 0 amide bonds. The summed E-state index contributed by atoms with van der Waals surface area (Å²) in [5.74, 6) is 0.900. The lowest BCUT2D eigenvalue weighted by Gasteiger charge is -2.31. The summed E-state index contributed by atoms with van der Waals surface area (Å²) in [6.45, 7) is 10.6. The van der Waals surface area contributed by atoms with Gasteiger partial charge in [-0.3, -0.25) is 9.89 Å². The maximum Gasteiger partial charge on any atom is 0.191 e. The van der Waals surface area contributed by atoms with E-state index in [-0.39, 0.29) is 24.0 Å². The molecule has 1 aromatic rings. The molecular formula is C20H36IN5O. The first-order valence-corrected chi connectivity index (χ1v) is 9.70. The molecule has 1 aromatic carbocycles. The Balaban J connectivity index is 0.00000364. The first kappa shape index (κ1) is 24.0. The van der Waals surface area contributed by atoms with Crippen LogP contribution in [0.1, 0.15) is 19.4 Å². The van der Waals surface area contributed by atoms with Crippen LogP contribution in [-0.4, -0.2) is 76.9 Å². The van der Waals surface area contributed by atoms with Crippen molar-refractivity contribution in [3.8, 4) is 0 Å². The second kappa shape index (κ2) is 13.2. The van der Waals surface area contributed by atoms with Gasteiger partial charge in [-0.05, 0) is 38.0 Å². The molecule has 1 aliphatic heterocycles. The number of hydrogen-bond donors (Lipinski definition) is 2. The highest BCUT2D eigenvalue weighted by Gasteiger charge is 2.16. The third-order valence-electron chi connectivity index (χ3n) is 4.69. The minimum Gasteiger partial charge on any atom is -0.379 e. The summed E-state index contributed by atoms with van der Waals surface area (Å²) in [6.07, 6.45) is 0.983. The standard InChI is InChI=1S/C20H35N5O.HI/c1-5-21-20(23-16-17(2)25-12-14-26-15-13-25)22-11-10-18-6-8-19(9-7-18)24(3)4;/h6-9,17H,5,10-16H2,1-4H3,(H2,21,22,23);1H. The molecule has 154 valence electrons. The Hall–Kier alpha value is -1.06. The molecule has 0 saturated carbocycles. The number of nitrogens with one attached hydrogen (secondary N) is 2. The van der Waals surface area contributed by atoms with Crippen molar-refractivity contribution in [2.45, 2.75) is 26.3 Å². The van der Waals surface area contributed by atoms with Crippen LogP contribution in [-0.2, 0) is 11.2 Å². The molecule has 6 nitrogen and oxygen atoms in total. The van der Waals surface area contributed by atoms with Crippen molar-refractivity contribution in [1.29, 1.82) is 0 Å². The molecule has 0 bridgehead atoms. The van der Waals surface area contributed by atoms with Gasteiger partial charge in [0, 0.05) is 52.0 Å². The Bertz CT molecular complexity index is 544. The number of ether oxygens (including phenoxy) is 1. The summed E-state index contributed by atoms with van der Waals surface area (Å²) in [5, 5.41) is 6.79. The largest absolute Gasteiger partial charge is 0.379 e. The van der Waals surface area contributed by atoms with E-state index in [1.807, 2.05) is 0 Å². The molecule has 2 N–H and O–H groups in total. The molecule has 0 radical (unpaired) electrons. The van der Waals surface area contributed by atoms with Crippen LogP contribution in [0.5, 0.6) is 0 Å². The van der Waals surface area contributed by atoms with E-state index in [1.54, 1.807) is 0 Å². The molecule has 27 heavy (non-hydrogen) atoms. The highest BCUT2D eigenvalue weighted by Crippen LogP contribution is 2.12. The highest BCUT2D eigenvalue weighted by molar-refractivity contribution is 14.0. The molecule has 2 rings (SSSR count). The molecule has 1 saturated heterocycles. The van der Waals surface area contributed by atoms with Crippen LogP contribution in [0.4, 0.5) is 5.69 Å². The predicted molar refractivity (Wildman–Crippen MR) is 126 cm³/mol. The Morgan fingerprint density at radius 1 is 1.19 bits per heavy atom. The van der Waals surface area contributed by atoms with Gasteiger partial charge in [0.1, 0.15) is 0 Å². The van der Waals surface area contributed by atoms with E-state index in [4.69, 9.17) is 9.73 Å². The van der Waals surface area contributed by atoms with Gasteiger partial charge in [0.05, 0.1) is 19.8 Å². The highest BCUT2D eigenvalue weighted by atomic mass is 127. The van der Waals surface area contributed by atoms with Gasteiger partial charge in [-0.1, -0.05) is 12.1 Å². The van der Waals surface area contributed by atoms with Gasteiger partial charge in [0.2, 0.25) is 0 Å². The van der Waals surface area contributed by atoms with E-state index in [9.17, 15) is 0 Å². The average Bonchev–Trinajstić information content (AvgIpc) is 2.67. The smallest absolute Gasteiger partial charge is 0.191 e. The topological polar surface area (TPSA) is 52.1 Å². The monoisotopic (exact) mass is 489 g/mol. The van der Waals surface area contributed by atoms with Gasteiger partial charge in [-0.15, -0.1) is 24.0 Å². The minimum atomic E-state index is 0. The van der Waals surface area contributed by atoms with Gasteiger partial charge < -0.3 is 20.3 Å². The summed E-state index contributed by atoms with van der Waals surface area (Å²) in [5.41, 5.74) is 2.56. The van der Waals surface area contributed by atoms with Gasteiger partial charge >= 0.3 is 0 Å². The number of hydrogen-bond acceptors (Lipinski definition) is 4. The van der Waals surface area contributed by atoms with E-state index in [0.29, 0.717) is 6.04 Å². The Kier molecular flexibility index (Phi) is 11.7. The third kappa shape index (κ3) is 8.66. The van der Waals surface area contributed by atoms with Crippen LogP contribution in [0, 0.1) is 0 Å². The SMILES string of the molecule is CCNC(=NCC(C)N1CCOCC1)NCCc1ccc(N(C)C)cc1.I. The first-order valence-electron chi connectivity index (χ1n) is 9.70. The zero-order chi connectivity index (χ0) is 18.8. The Labute approximate surface area is 181 Å². The number of guanidine groups is 1. The van der Waals surface area contributed by atoms with E-state index >= 15 is 0 Å². The van der Waals surface area contributed by atoms with Crippen molar-refractivity contribution < 1.29 is 4.74 Å². The van der Waals surface area contributed by atoms with Crippen molar-refractivity contribution in [3.63, 3.8) is 0 Å². The molecule has 0 aromatic heterocycles. The molecular weight excluding hydrogens is 453 g/mol. The summed E-state index contributed by atoms with van der Waals surface area (Å²) < 4.78 is 5.42. The molecule has 0 spiro atoms. The predicted octanol–water partition coefficient (Wildman–Crippen LogP) is 2.19. The summed E-state index contributed by atoms with van der Waals surface area (Å²) in [6, 6.07) is 9.16. The van der Waals surface area contributed by atoms with Crippen molar-refractivity contribution >= 4 is 35.6 Å². The lowest BCUT2D eigenvalue weighted by Crippen LogP contribution is -2.44. The van der Waals surface area contributed by atoms with Crippen LogP contribution < -0.4 is 15.5 Å². The van der Waals surface area contributed by atoms with Crippen molar-refractivity contribution in [2.24, 2.45) is 4.99 Å². The van der Waals surface area contributed by atoms with Gasteiger partial charge in [0.15, 0.2) is 5.96 Å². The summed E-state index contributed by atoms with van der Waals surface area (Å²) >= 11 is 0. The van der Waals surface area contributed by atoms with Crippen molar-refractivity contribution in [1.82, 2.24) is 15.5 Å². The zero-order valence-corrected chi connectivity index (χ0v) is 19.5. The van der Waals surface area contributed by atoms with E-state index < -0.39 is 0 Å². The van der Waals surface area contributed by atoms with E-state index in [2.05, 4.69) is 72.6 Å². The molecule has 1 atom stereocenters. The maximum atomic E-state index is 5.42. The minimum absolute atomic E-state index is 0. The molecule has 1 unspecified atom stereocenters. The first-order chi connectivity index (χ1) is 12.6. The number of benzene rings is 1. The molecule has 1 aliphatic rings. The number of halogens is 1. The maximum absolute atomic E-state index is 5.42. The second-order valence-corrected chi connectivity index (χ2v) is 6.95. The van der Waals surface area contributed by atoms with Gasteiger partial charge in [-0.2, -0.15) is 0 Å². The Morgan fingerprint density at radius 3 is 2.44 bits per heavy atom. The van der Waals surface area contributed by atoms with Gasteiger partial charge in [-0.25, -0.2) is 0 Å². The van der Waals surface area contributed by atoms with Crippen molar-refractivity contribution in [3.05, 3.63) is 29.8 Å². The zero-order valence-electron chi connectivity index (χ0n) is 17.2. The van der Waals surface area contributed by atoms with Crippen LogP contribution in [0.15, 0.2) is 29.3 Å². The number of aliphatic imine (C=N–C) groups is 1. The van der Waals surface area contributed by atoms with Crippen LogP contribution >= 0.6 is 24.0 Å². The van der Waals surface area contributed by atoms with E-state index in [1.165, 1.54) is 11.3 Å². The fourth-order valence-electron chi connectivity index (χ4n) is 2.98. The van der Waals surface area contributed by atoms with Crippen LogP contribution in [0.2, 0.25) is 0 Å². The fraction of sp³-hybridized carbons (Fsp3) is 0.650. The molecule has 7 heteroatoms. The lowest BCUT2D eigenvalue weighted by molar-refractivity contribution is 0.0220. The van der Waals surface area contributed by atoms with Crippen molar-refractivity contribution in [2.75, 3.05) is 64.9 Å². The summed E-state index contributed by atoms with van der Waals surface area (Å²) in [7, 11) is 4.13. The molecule has 1 heterocycles. The average molecular weight is 489 g/mol. The van der Waals surface area contributed by atoms with Crippen LogP contribution in [0.3, 0.4) is 0 Å². The molecule has 1 fully saturated rings. The Morgan fingerprint density at radius 2 is 1.85 bits per heavy atom. The third-order valence-corrected chi connectivity index (χ3v) is 4.69. The van der Waals surface area contributed by atoms with E-state index in [0.717, 1.165) is 58.3 Å². The second-order valence-electron chi connectivity index (χ2n) is 6.95. The normalized spacial score (nSPS) is 16.4. The quantitative estimate of drug-likeness (QED) is 0.333. The number of nitrogens with zero attached hydrogens (tertiary/aromatic N) is 3. The molecule has 0 aliphatic carbocycles. The van der Waals surface area contributed by atoms with Gasteiger partial charge in [0.25, 0.3) is 0 Å². The number of anilines is 1. The fourth-order valence-corrected chi connectivity index (χ4v) is 2.98. The van der Waals surface area contributed by atoms with Crippen LogP contribution in [0.25, 0.3) is 0 Å². The summed E-state index contributed by atoms with van der Waals surface area (Å²) in [4.78, 5) is 9.33. The number of rotatable bonds is 8. The lowest BCUT2D eigenvalue weighted by atomic mass is 10.1. The number of morpholine rings is 1.